The fourth-order valence-electron chi connectivity index (χ4n) is 1.44. The average Bonchev–Trinajstić information content (AvgIpc) is 2.34. The van der Waals surface area contributed by atoms with Crippen LogP contribution in [-0.2, 0) is 20.9 Å². The Morgan fingerprint density at radius 2 is 2.00 bits per heavy atom. The maximum absolute atomic E-state index is 11.7. The third kappa shape index (κ3) is 5.75. The second kappa shape index (κ2) is 6.57. The van der Waals surface area contributed by atoms with Gasteiger partial charge in [-0.2, -0.15) is 0 Å². The van der Waals surface area contributed by atoms with Gasteiger partial charge in [0.1, 0.15) is 11.4 Å². The van der Waals surface area contributed by atoms with Crippen molar-refractivity contribution in [1.29, 1.82) is 0 Å². The maximum Gasteiger partial charge on any atom is 0.335 e. The Hall–Kier alpha value is -1.55. The lowest BCUT2D eigenvalue weighted by Gasteiger charge is -2.22. The number of benzene rings is 1. The number of methoxy groups -OCH3 is 1. The summed E-state index contributed by atoms with van der Waals surface area (Å²) in [6, 6.07) is 7.54. The molecule has 0 aromatic heterocycles. The number of carbonyl (C=O) groups excluding carboxylic acids is 1. The molecule has 0 amide bonds. The number of ether oxygens (including phenoxy) is 3. The lowest BCUT2D eigenvalue weighted by Crippen LogP contribution is -2.31. The predicted molar refractivity (Wildman–Crippen MR) is 73.1 cm³/mol. The van der Waals surface area contributed by atoms with Crippen molar-refractivity contribution >= 4 is 5.97 Å². The summed E-state index contributed by atoms with van der Waals surface area (Å²) in [7, 11) is 1.61. The van der Waals surface area contributed by atoms with E-state index in [0.717, 1.165) is 11.3 Å². The van der Waals surface area contributed by atoms with E-state index in [4.69, 9.17) is 14.2 Å². The molecule has 0 aliphatic carbocycles. The first-order valence-corrected chi connectivity index (χ1v) is 6.29. The lowest BCUT2D eigenvalue weighted by molar-refractivity contribution is -0.168. The van der Waals surface area contributed by atoms with Gasteiger partial charge in [-0.1, -0.05) is 12.1 Å². The van der Waals surface area contributed by atoms with Crippen LogP contribution in [0.25, 0.3) is 0 Å². The highest BCUT2D eigenvalue weighted by Gasteiger charge is 2.22. The summed E-state index contributed by atoms with van der Waals surface area (Å²) in [5.41, 5.74) is 0.458. The van der Waals surface area contributed by atoms with Gasteiger partial charge in [-0.25, -0.2) is 4.79 Å². The van der Waals surface area contributed by atoms with Crippen LogP contribution in [0.2, 0.25) is 0 Å². The molecule has 0 aliphatic rings. The molecule has 0 radical (unpaired) electrons. The summed E-state index contributed by atoms with van der Waals surface area (Å²) < 4.78 is 15.9. The molecule has 0 heterocycles. The van der Waals surface area contributed by atoms with Crippen molar-refractivity contribution in [3.05, 3.63) is 29.8 Å². The van der Waals surface area contributed by atoms with Crippen molar-refractivity contribution in [3.63, 3.8) is 0 Å². The molecule has 0 saturated carbocycles. The van der Waals surface area contributed by atoms with Crippen molar-refractivity contribution in [2.75, 3.05) is 7.11 Å². The van der Waals surface area contributed by atoms with Gasteiger partial charge < -0.3 is 14.2 Å². The zero-order valence-electron chi connectivity index (χ0n) is 12.2. The van der Waals surface area contributed by atoms with E-state index in [2.05, 4.69) is 0 Å². The highest BCUT2D eigenvalue weighted by molar-refractivity contribution is 5.74. The Balaban J connectivity index is 2.49. The Morgan fingerprint density at radius 1 is 1.32 bits per heavy atom. The monoisotopic (exact) mass is 266 g/mol. The minimum atomic E-state index is -0.592. The van der Waals surface area contributed by atoms with Crippen molar-refractivity contribution in [2.24, 2.45) is 0 Å². The maximum atomic E-state index is 11.7. The van der Waals surface area contributed by atoms with E-state index in [0.29, 0.717) is 6.61 Å². The smallest absolute Gasteiger partial charge is 0.335 e. The first kappa shape index (κ1) is 15.5. The number of hydrogen-bond donors (Lipinski definition) is 0. The molecule has 106 valence electrons. The summed E-state index contributed by atoms with van der Waals surface area (Å²) in [5.74, 6) is 0.418. The van der Waals surface area contributed by atoms with E-state index in [9.17, 15) is 4.79 Å². The largest absolute Gasteiger partial charge is 0.497 e. The molecule has 1 rings (SSSR count). The van der Waals surface area contributed by atoms with Gasteiger partial charge in [0.2, 0.25) is 0 Å². The predicted octanol–water partition coefficient (Wildman–Crippen LogP) is 2.94. The van der Waals surface area contributed by atoms with Crippen molar-refractivity contribution in [2.45, 2.75) is 46.0 Å². The molecule has 19 heavy (non-hydrogen) atoms. The van der Waals surface area contributed by atoms with Gasteiger partial charge in [0.15, 0.2) is 6.10 Å². The van der Waals surface area contributed by atoms with E-state index in [1.165, 1.54) is 0 Å². The minimum Gasteiger partial charge on any atom is -0.497 e. The summed E-state index contributed by atoms with van der Waals surface area (Å²) in [5, 5.41) is 0. The molecule has 1 aromatic rings. The molecular weight excluding hydrogens is 244 g/mol. The number of rotatable bonds is 5. The zero-order chi connectivity index (χ0) is 14.5. The second-order valence-corrected chi connectivity index (χ2v) is 5.34. The van der Waals surface area contributed by atoms with Gasteiger partial charge in [0, 0.05) is 0 Å². The summed E-state index contributed by atoms with van der Waals surface area (Å²) in [4.78, 5) is 11.7. The third-order valence-corrected chi connectivity index (χ3v) is 2.37. The van der Waals surface area contributed by atoms with Gasteiger partial charge in [0.05, 0.1) is 13.7 Å². The third-order valence-electron chi connectivity index (χ3n) is 2.37. The fraction of sp³-hybridized carbons (Fsp3) is 0.533. The molecule has 0 aliphatic heterocycles. The van der Waals surface area contributed by atoms with Crippen LogP contribution in [0.3, 0.4) is 0 Å². The summed E-state index contributed by atoms with van der Waals surface area (Å²) in [6.45, 7) is 7.53. The highest BCUT2D eigenvalue weighted by atomic mass is 16.6. The first-order valence-electron chi connectivity index (χ1n) is 6.29. The molecule has 0 bridgehead atoms. The lowest BCUT2D eigenvalue weighted by atomic mass is 10.2. The Kier molecular flexibility index (Phi) is 5.36. The fourth-order valence-corrected chi connectivity index (χ4v) is 1.44. The molecular formula is C15H22O4. The van der Waals surface area contributed by atoms with Gasteiger partial charge in [0.25, 0.3) is 0 Å². The Labute approximate surface area is 114 Å². The average molecular weight is 266 g/mol. The number of esters is 1. The van der Waals surface area contributed by atoms with Crippen LogP contribution in [-0.4, -0.2) is 24.8 Å². The minimum absolute atomic E-state index is 0.345. The van der Waals surface area contributed by atoms with Crippen LogP contribution in [0.1, 0.15) is 33.3 Å². The SMILES string of the molecule is COc1cccc(COC(C)C(=O)OC(C)(C)C)c1. The van der Waals surface area contributed by atoms with Crippen molar-refractivity contribution < 1.29 is 19.0 Å². The van der Waals surface area contributed by atoms with E-state index < -0.39 is 11.7 Å². The van der Waals surface area contributed by atoms with Crippen LogP contribution < -0.4 is 4.74 Å². The molecule has 0 N–H and O–H groups in total. The molecule has 1 aromatic carbocycles. The first-order chi connectivity index (χ1) is 8.81. The molecule has 0 fully saturated rings. The quantitative estimate of drug-likeness (QED) is 0.769. The Morgan fingerprint density at radius 3 is 2.58 bits per heavy atom. The van der Waals surface area contributed by atoms with E-state index in [1.54, 1.807) is 14.0 Å². The molecule has 0 saturated heterocycles. The molecule has 4 heteroatoms. The number of carbonyl (C=O) groups is 1. The topological polar surface area (TPSA) is 44.8 Å². The van der Waals surface area contributed by atoms with E-state index in [-0.39, 0.29) is 5.97 Å². The molecule has 4 nitrogen and oxygen atoms in total. The molecule has 1 atom stereocenters. The van der Waals surface area contributed by atoms with Crippen LogP contribution in [0.15, 0.2) is 24.3 Å². The molecule has 0 spiro atoms. The standard InChI is InChI=1S/C15H22O4/c1-11(14(16)19-15(2,3)4)18-10-12-7-6-8-13(9-12)17-5/h6-9,11H,10H2,1-5H3. The molecule has 1 unspecified atom stereocenters. The number of hydrogen-bond acceptors (Lipinski definition) is 4. The van der Waals surface area contributed by atoms with Gasteiger partial charge in [-0.15, -0.1) is 0 Å². The van der Waals surface area contributed by atoms with Crippen LogP contribution in [0.4, 0.5) is 0 Å². The van der Waals surface area contributed by atoms with Crippen LogP contribution in [0, 0.1) is 0 Å². The normalized spacial score (nSPS) is 12.9. The van der Waals surface area contributed by atoms with Crippen LogP contribution in [0.5, 0.6) is 5.75 Å². The second-order valence-electron chi connectivity index (χ2n) is 5.34. The highest BCUT2D eigenvalue weighted by Crippen LogP contribution is 2.15. The van der Waals surface area contributed by atoms with Gasteiger partial charge >= 0.3 is 5.97 Å². The Bertz CT molecular complexity index is 420. The van der Waals surface area contributed by atoms with Crippen LogP contribution >= 0.6 is 0 Å². The summed E-state index contributed by atoms with van der Waals surface area (Å²) in [6.07, 6.45) is -0.592. The zero-order valence-corrected chi connectivity index (χ0v) is 12.2. The van der Waals surface area contributed by atoms with E-state index >= 15 is 0 Å². The summed E-state index contributed by atoms with van der Waals surface area (Å²) >= 11 is 0. The van der Waals surface area contributed by atoms with Crippen molar-refractivity contribution in [1.82, 2.24) is 0 Å². The van der Waals surface area contributed by atoms with Gasteiger partial charge in [-0.3, -0.25) is 0 Å². The van der Waals surface area contributed by atoms with E-state index in [1.807, 2.05) is 45.0 Å². The van der Waals surface area contributed by atoms with Crippen molar-refractivity contribution in [3.8, 4) is 5.75 Å². The van der Waals surface area contributed by atoms with Gasteiger partial charge in [-0.05, 0) is 45.4 Å².